The van der Waals surface area contributed by atoms with Gasteiger partial charge in [0.2, 0.25) is 5.91 Å². The lowest BCUT2D eigenvalue weighted by Gasteiger charge is -2.17. The molecule has 0 unspecified atom stereocenters. The molecule has 1 saturated heterocycles. The maximum absolute atomic E-state index is 11.9. The third-order valence-corrected chi connectivity index (χ3v) is 3.77. The van der Waals surface area contributed by atoms with Gasteiger partial charge < -0.3 is 16.0 Å². The molecule has 1 amide bonds. The molecule has 116 valence electrons. The maximum Gasteiger partial charge on any atom is 0.237 e. The first-order valence-electron chi connectivity index (χ1n) is 7.79. The van der Waals surface area contributed by atoms with E-state index >= 15 is 0 Å². The van der Waals surface area contributed by atoms with E-state index < -0.39 is 6.04 Å². The van der Waals surface area contributed by atoms with Crippen LogP contribution in [0.2, 0.25) is 0 Å². The molecule has 1 aromatic heterocycles. The molecule has 21 heavy (non-hydrogen) atoms. The van der Waals surface area contributed by atoms with E-state index in [-0.39, 0.29) is 5.91 Å². The summed E-state index contributed by atoms with van der Waals surface area (Å²) in [7, 11) is 0. The Bertz CT molecular complexity index is 452. The topological polar surface area (TPSA) is 71.2 Å². The van der Waals surface area contributed by atoms with Gasteiger partial charge in [-0.25, -0.2) is 4.98 Å². The molecule has 0 aliphatic carbocycles. The number of nitrogens with zero attached hydrogens (tertiary/aromatic N) is 2. The summed E-state index contributed by atoms with van der Waals surface area (Å²) in [5.41, 5.74) is 6.86. The van der Waals surface area contributed by atoms with Gasteiger partial charge in [-0.3, -0.25) is 4.79 Å². The number of hydrogen-bond acceptors (Lipinski definition) is 4. The van der Waals surface area contributed by atoms with Crippen molar-refractivity contribution in [2.45, 2.75) is 45.7 Å². The highest BCUT2D eigenvalue weighted by molar-refractivity contribution is 5.81. The van der Waals surface area contributed by atoms with Crippen molar-refractivity contribution in [3.63, 3.8) is 0 Å². The molecule has 0 spiro atoms. The average molecular weight is 290 g/mol. The van der Waals surface area contributed by atoms with E-state index in [0.717, 1.165) is 24.5 Å². The van der Waals surface area contributed by atoms with Gasteiger partial charge in [0.05, 0.1) is 6.04 Å². The van der Waals surface area contributed by atoms with Gasteiger partial charge in [0.25, 0.3) is 0 Å². The molecule has 1 atom stereocenters. The fraction of sp³-hybridized carbons (Fsp3) is 0.625. The minimum atomic E-state index is -0.429. The van der Waals surface area contributed by atoms with Gasteiger partial charge in [0.15, 0.2) is 0 Å². The normalized spacial score (nSPS) is 16.3. The van der Waals surface area contributed by atoms with Crippen LogP contribution in [0.1, 0.15) is 38.7 Å². The second-order valence-corrected chi connectivity index (χ2v) is 6.17. The van der Waals surface area contributed by atoms with E-state index in [4.69, 9.17) is 5.73 Å². The van der Waals surface area contributed by atoms with E-state index in [2.05, 4.69) is 29.0 Å². The first-order valence-corrected chi connectivity index (χ1v) is 7.79. The molecule has 2 heterocycles. The first-order chi connectivity index (χ1) is 10.1. The number of hydrogen-bond donors (Lipinski definition) is 2. The van der Waals surface area contributed by atoms with Gasteiger partial charge in [-0.05, 0) is 36.8 Å². The SMILES string of the molecule is CC(C)C[C@H](N)C(=O)NCc1ccc(N2CCCC2)nc1. The number of anilines is 1. The fourth-order valence-corrected chi connectivity index (χ4v) is 2.59. The highest BCUT2D eigenvalue weighted by atomic mass is 16.2. The van der Waals surface area contributed by atoms with E-state index in [9.17, 15) is 4.79 Å². The van der Waals surface area contributed by atoms with Crippen LogP contribution >= 0.6 is 0 Å². The predicted octanol–water partition coefficient (Wildman–Crippen LogP) is 1.67. The van der Waals surface area contributed by atoms with Crippen molar-refractivity contribution in [2.75, 3.05) is 18.0 Å². The number of carbonyl (C=O) groups excluding carboxylic acids is 1. The van der Waals surface area contributed by atoms with Gasteiger partial charge in [0.1, 0.15) is 5.82 Å². The highest BCUT2D eigenvalue weighted by Crippen LogP contribution is 2.17. The van der Waals surface area contributed by atoms with Gasteiger partial charge in [-0.15, -0.1) is 0 Å². The van der Waals surface area contributed by atoms with Crippen molar-refractivity contribution in [1.29, 1.82) is 0 Å². The second kappa shape index (κ2) is 7.41. The second-order valence-electron chi connectivity index (χ2n) is 6.17. The molecule has 5 nitrogen and oxygen atoms in total. The minimum Gasteiger partial charge on any atom is -0.357 e. The zero-order valence-corrected chi connectivity index (χ0v) is 13.0. The zero-order valence-electron chi connectivity index (χ0n) is 13.0. The van der Waals surface area contributed by atoms with E-state index in [1.807, 2.05) is 18.3 Å². The van der Waals surface area contributed by atoms with Crippen molar-refractivity contribution in [3.05, 3.63) is 23.9 Å². The van der Waals surface area contributed by atoms with E-state index in [1.54, 1.807) is 0 Å². The fourth-order valence-electron chi connectivity index (χ4n) is 2.59. The maximum atomic E-state index is 11.9. The van der Waals surface area contributed by atoms with E-state index in [1.165, 1.54) is 12.8 Å². The monoisotopic (exact) mass is 290 g/mol. The summed E-state index contributed by atoms with van der Waals surface area (Å²) in [5.74, 6) is 1.36. The molecule has 1 aromatic rings. The quantitative estimate of drug-likeness (QED) is 0.836. The third kappa shape index (κ3) is 4.70. The molecular formula is C16H26N4O. The van der Waals surface area contributed by atoms with Crippen LogP contribution in [-0.2, 0) is 11.3 Å². The largest absolute Gasteiger partial charge is 0.357 e. The van der Waals surface area contributed by atoms with Crippen LogP contribution in [0.4, 0.5) is 5.82 Å². The van der Waals surface area contributed by atoms with Crippen molar-refractivity contribution in [3.8, 4) is 0 Å². The number of nitrogens with two attached hydrogens (primary N) is 1. The van der Waals surface area contributed by atoms with Crippen molar-refractivity contribution in [2.24, 2.45) is 11.7 Å². The predicted molar refractivity (Wildman–Crippen MR) is 85.0 cm³/mol. The van der Waals surface area contributed by atoms with Crippen molar-refractivity contribution < 1.29 is 4.79 Å². The number of pyridine rings is 1. The molecule has 0 radical (unpaired) electrons. The summed E-state index contributed by atoms with van der Waals surface area (Å²) < 4.78 is 0. The summed E-state index contributed by atoms with van der Waals surface area (Å²) in [6, 6.07) is 3.62. The van der Waals surface area contributed by atoms with Crippen LogP contribution in [0.3, 0.4) is 0 Å². The summed E-state index contributed by atoms with van der Waals surface area (Å²) in [6.07, 6.45) is 5.03. The molecule has 3 N–H and O–H groups in total. The summed E-state index contributed by atoms with van der Waals surface area (Å²) >= 11 is 0. The Morgan fingerprint density at radius 3 is 2.67 bits per heavy atom. The Morgan fingerprint density at radius 1 is 1.38 bits per heavy atom. The lowest BCUT2D eigenvalue weighted by molar-refractivity contribution is -0.122. The molecule has 1 aliphatic rings. The highest BCUT2D eigenvalue weighted by Gasteiger charge is 2.15. The number of carbonyl (C=O) groups is 1. The van der Waals surface area contributed by atoms with Crippen LogP contribution < -0.4 is 16.0 Å². The third-order valence-electron chi connectivity index (χ3n) is 3.77. The molecule has 5 heteroatoms. The molecular weight excluding hydrogens is 264 g/mol. The molecule has 0 saturated carbocycles. The van der Waals surface area contributed by atoms with Gasteiger partial charge in [-0.2, -0.15) is 0 Å². The van der Waals surface area contributed by atoms with Crippen LogP contribution in [0.5, 0.6) is 0 Å². The van der Waals surface area contributed by atoms with Crippen LogP contribution in [0.25, 0.3) is 0 Å². The summed E-state index contributed by atoms with van der Waals surface area (Å²) in [6.45, 7) is 6.79. The Kier molecular flexibility index (Phi) is 5.56. The van der Waals surface area contributed by atoms with E-state index in [0.29, 0.717) is 18.9 Å². The Hall–Kier alpha value is -1.62. The molecule has 1 aliphatic heterocycles. The average Bonchev–Trinajstić information content (AvgIpc) is 2.98. The number of amides is 1. The summed E-state index contributed by atoms with van der Waals surface area (Å²) in [5, 5.41) is 2.88. The Labute approximate surface area is 126 Å². The van der Waals surface area contributed by atoms with Gasteiger partial charge >= 0.3 is 0 Å². The number of aromatic nitrogens is 1. The first kappa shape index (κ1) is 15.8. The lowest BCUT2D eigenvalue weighted by atomic mass is 10.0. The van der Waals surface area contributed by atoms with Gasteiger partial charge in [-0.1, -0.05) is 19.9 Å². The number of nitrogens with one attached hydrogen (secondary N) is 1. The standard InChI is InChI=1S/C16H26N4O/c1-12(2)9-14(17)16(21)19-11-13-5-6-15(18-10-13)20-7-3-4-8-20/h5-6,10,12,14H,3-4,7-9,11,17H2,1-2H3,(H,19,21)/t14-/m0/s1. The Morgan fingerprint density at radius 2 is 2.10 bits per heavy atom. The molecule has 0 bridgehead atoms. The van der Waals surface area contributed by atoms with Crippen molar-refractivity contribution >= 4 is 11.7 Å². The van der Waals surface area contributed by atoms with Crippen LogP contribution in [0.15, 0.2) is 18.3 Å². The lowest BCUT2D eigenvalue weighted by Crippen LogP contribution is -2.41. The van der Waals surface area contributed by atoms with Gasteiger partial charge in [0, 0.05) is 25.8 Å². The smallest absolute Gasteiger partial charge is 0.237 e. The molecule has 2 rings (SSSR count). The zero-order chi connectivity index (χ0) is 15.2. The molecule has 1 fully saturated rings. The Balaban J connectivity index is 1.81. The summed E-state index contributed by atoms with van der Waals surface area (Å²) in [4.78, 5) is 18.6. The minimum absolute atomic E-state index is 0.0904. The van der Waals surface area contributed by atoms with Crippen LogP contribution in [-0.4, -0.2) is 30.0 Å². The number of rotatable bonds is 6. The molecule has 0 aromatic carbocycles. The van der Waals surface area contributed by atoms with Crippen molar-refractivity contribution in [1.82, 2.24) is 10.3 Å². The van der Waals surface area contributed by atoms with Crippen LogP contribution in [0, 0.1) is 5.92 Å².